The molecule has 0 spiro atoms. The van der Waals surface area contributed by atoms with Crippen molar-refractivity contribution < 1.29 is 13.2 Å². The van der Waals surface area contributed by atoms with E-state index in [4.69, 9.17) is 10.5 Å². The second-order valence-electron chi connectivity index (χ2n) is 3.71. The van der Waals surface area contributed by atoms with Gasteiger partial charge in [-0.05, 0) is 40.0 Å². The van der Waals surface area contributed by atoms with Crippen LogP contribution in [0.3, 0.4) is 0 Å². The molecule has 102 valence electrons. The fourth-order valence-electron chi connectivity index (χ4n) is 1.38. The molecule has 0 fully saturated rings. The third-order valence-electron chi connectivity index (χ3n) is 2.34. The highest BCUT2D eigenvalue weighted by molar-refractivity contribution is 9.10. The molecule has 1 aromatic rings. The Bertz CT molecular complexity index is 491. The van der Waals surface area contributed by atoms with Crippen LogP contribution < -0.4 is 10.5 Å². The van der Waals surface area contributed by atoms with Gasteiger partial charge in [0.25, 0.3) is 0 Å². The van der Waals surface area contributed by atoms with Gasteiger partial charge in [0.1, 0.15) is 0 Å². The van der Waals surface area contributed by atoms with Crippen molar-refractivity contribution in [3.05, 3.63) is 28.2 Å². The molecule has 0 aliphatic heterocycles. The number of nitrogens with one attached hydrogen (secondary N) is 1. The molecule has 0 saturated heterocycles. The zero-order valence-corrected chi connectivity index (χ0v) is 12.6. The van der Waals surface area contributed by atoms with Crippen molar-refractivity contribution in [1.29, 1.82) is 0 Å². The van der Waals surface area contributed by atoms with Crippen LogP contribution in [0.25, 0.3) is 0 Å². The molecule has 0 unspecified atom stereocenters. The lowest BCUT2D eigenvalue weighted by molar-refractivity contribution is 0.196. The van der Waals surface area contributed by atoms with Crippen LogP contribution in [0.5, 0.6) is 0 Å². The Labute approximate surface area is 116 Å². The first kappa shape index (κ1) is 15.6. The number of sulfonamides is 1. The Morgan fingerprint density at radius 2 is 2.17 bits per heavy atom. The van der Waals surface area contributed by atoms with Crippen molar-refractivity contribution >= 4 is 26.0 Å². The largest absolute Gasteiger partial charge is 0.385 e. The number of hydrogen-bond acceptors (Lipinski definition) is 4. The highest BCUT2D eigenvalue weighted by atomic mass is 79.9. The molecule has 0 saturated carbocycles. The standard InChI is InChI=1S/C11H17BrN2O3S/c1-17-6-2-5-14-18(15,16)11-7-9(8-13)3-4-10(11)12/h3-4,7,14H,2,5-6,8,13H2,1H3. The second kappa shape index (κ2) is 7.20. The average molecular weight is 337 g/mol. The van der Waals surface area contributed by atoms with Crippen molar-refractivity contribution in [2.45, 2.75) is 17.9 Å². The van der Waals surface area contributed by atoms with Crippen LogP contribution in [0.2, 0.25) is 0 Å². The summed E-state index contributed by atoms with van der Waals surface area (Å²) in [6.07, 6.45) is 0.629. The van der Waals surface area contributed by atoms with Gasteiger partial charge in [-0.3, -0.25) is 0 Å². The maximum Gasteiger partial charge on any atom is 0.241 e. The second-order valence-corrected chi connectivity index (χ2v) is 6.30. The van der Waals surface area contributed by atoms with Crippen molar-refractivity contribution in [1.82, 2.24) is 4.72 Å². The van der Waals surface area contributed by atoms with Crippen molar-refractivity contribution in [3.63, 3.8) is 0 Å². The van der Waals surface area contributed by atoms with E-state index in [1.54, 1.807) is 25.3 Å². The number of halogens is 1. The van der Waals surface area contributed by atoms with E-state index >= 15 is 0 Å². The molecule has 0 radical (unpaired) electrons. The molecular formula is C11H17BrN2O3S. The summed E-state index contributed by atoms with van der Waals surface area (Å²) in [5.74, 6) is 0. The number of rotatable bonds is 7. The minimum absolute atomic E-state index is 0.211. The van der Waals surface area contributed by atoms with E-state index in [2.05, 4.69) is 20.7 Å². The monoisotopic (exact) mass is 336 g/mol. The van der Waals surface area contributed by atoms with E-state index in [1.807, 2.05) is 0 Å². The summed E-state index contributed by atoms with van der Waals surface area (Å²) in [7, 11) is -1.93. The van der Waals surface area contributed by atoms with Gasteiger partial charge in [0, 0.05) is 31.3 Å². The zero-order valence-electron chi connectivity index (χ0n) is 10.1. The predicted octanol–water partition coefficient (Wildman–Crippen LogP) is 1.22. The highest BCUT2D eigenvalue weighted by Gasteiger charge is 2.17. The van der Waals surface area contributed by atoms with Crippen molar-refractivity contribution in [2.75, 3.05) is 20.3 Å². The average Bonchev–Trinajstić information content (AvgIpc) is 2.35. The van der Waals surface area contributed by atoms with Gasteiger partial charge in [-0.2, -0.15) is 0 Å². The van der Waals surface area contributed by atoms with Crippen LogP contribution in [-0.4, -0.2) is 28.7 Å². The van der Waals surface area contributed by atoms with Crippen LogP contribution in [0.1, 0.15) is 12.0 Å². The van der Waals surface area contributed by atoms with Crippen molar-refractivity contribution in [3.8, 4) is 0 Å². The number of hydrogen-bond donors (Lipinski definition) is 2. The summed E-state index contributed by atoms with van der Waals surface area (Å²) in [4.78, 5) is 0.211. The quantitative estimate of drug-likeness (QED) is 0.733. The summed E-state index contributed by atoms with van der Waals surface area (Å²) in [5, 5.41) is 0. The maximum absolute atomic E-state index is 12.1. The molecule has 1 rings (SSSR count). The molecule has 0 atom stereocenters. The van der Waals surface area contributed by atoms with Gasteiger partial charge < -0.3 is 10.5 Å². The fraction of sp³-hybridized carbons (Fsp3) is 0.455. The Balaban J connectivity index is 2.83. The van der Waals surface area contributed by atoms with Gasteiger partial charge in [0.05, 0.1) is 4.90 Å². The molecule has 1 aromatic carbocycles. The van der Waals surface area contributed by atoms with E-state index in [0.717, 1.165) is 5.56 Å². The normalized spacial score (nSPS) is 11.7. The van der Waals surface area contributed by atoms with E-state index < -0.39 is 10.0 Å². The van der Waals surface area contributed by atoms with Gasteiger partial charge in [-0.1, -0.05) is 6.07 Å². The van der Waals surface area contributed by atoms with Crippen LogP contribution >= 0.6 is 15.9 Å². The summed E-state index contributed by atoms with van der Waals surface area (Å²) >= 11 is 3.23. The number of ether oxygens (including phenoxy) is 1. The SMILES string of the molecule is COCCCNS(=O)(=O)c1cc(CN)ccc1Br. The van der Waals surface area contributed by atoms with Crippen molar-refractivity contribution in [2.24, 2.45) is 5.73 Å². The topological polar surface area (TPSA) is 81.4 Å². The summed E-state index contributed by atoms with van der Waals surface area (Å²) < 4.78 is 32.0. The maximum atomic E-state index is 12.1. The Morgan fingerprint density at radius 3 is 2.78 bits per heavy atom. The Kier molecular flexibility index (Phi) is 6.24. The van der Waals surface area contributed by atoms with Crippen LogP contribution in [-0.2, 0) is 21.3 Å². The number of methoxy groups -OCH3 is 1. The van der Waals surface area contributed by atoms with E-state index in [-0.39, 0.29) is 4.90 Å². The molecule has 0 bridgehead atoms. The molecule has 18 heavy (non-hydrogen) atoms. The van der Waals surface area contributed by atoms with Gasteiger partial charge in [0.2, 0.25) is 10.0 Å². The minimum Gasteiger partial charge on any atom is -0.385 e. The van der Waals surface area contributed by atoms with Gasteiger partial charge in [-0.25, -0.2) is 13.1 Å². The summed E-state index contributed by atoms with van der Waals surface area (Å²) in [6.45, 7) is 1.17. The molecule has 0 amide bonds. The van der Waals surface area contributed by atoms with Gasteiger partial charge in [0.15, 0.2) is 0 Å². The fourth-order valence-corrected chi connectivity index (χ4v) is 3.47. The smallest absolute Gasteiger partial charge is 0.241 e. The first-order valence-corrected chi connectivity index (χ1v) is 7.76. The number of nitrogens with two attached hydrogens (primary N) is 1. The van der Waals surface area contributed by atoms with Crippen LogP contribution in [0.4, 0.5) is 0 Å². The lowest BCUT2D eigenvalue weighted by Gasteiger charge is -2.09. The Morgan fingerprint density at radius 1 is 1.44 bits per heavy atom. The zero-order chi connectivity index (χ0) is 13.6. The highest BCUT2D eigenvalue weighted by Crippen LogP contribution is 2.22. The van der Waals surface area contributed by atoms with Crippen LogP contribution in [0, 0.1) is 0 Å². The molecular weight excluding hydrogens is 320 g/mol. The van der Waals surface area contributed by atoms with Gasteiger partial charge >= 0.3 is 0 Å². The molecule has 0 aliphatic rings. The molecule has 5 nitrogen and oxygen atoms in total. The lowest BCUT2D eigenvalue weighted by atomic mass is 10.2. The predicted molar refractivity (Wildman–Crippen MR) is 73.7 cm³/mol. The van der Waals surface area contributed by atoms with E-state index in [9.17, 15) is 8.42 Å². The summed E-state index contributed by atoms with van der Waals surface area (Å²) in [6, 6.07) is 5.04. The minimum atomic E-state index is -3.51. The van der Waals surface area contributed by atoms with E-state index in [0.29, 0.717) is 30.6 Å². The lowest BCUT2D eigenvalue weighted by Crippen LogP contribution is -2.26. The van der Waals surface area contributed by atoms with Crippen LogP contribution in [0.15, 0.2) is 27.6 Å². The third-order valence-corrected chi connectivity index (χ3v) is 4.79. The van der Waals surface area contributed by atoms with Gasteiger partial charge in [-0.15, -0.1) is 0 Å². The Hall–Kier alpha value is -0.470. The first-order valence-electron chi connectivity index (χ1n) is 5.48. The summed E-state index contributed by atoms with van der Waals surface area (Å²) in [5.41, 5.74) is 6.28. The first-order chi connectivity index (χ1) is 8.51. The molecule has 3 N–H and O–H groups in total. The van der Waals surface area contributed by atoms with E-state index in [1.165, 1.54) is 0 Å². The molecule has 7 heteroatoms. The molecule has 0 aliphatic carbocycles. The molecule has 0 aromatic heterocycles. The third kappa shape index (κ3) is 4.33. The number of benzene rings is 1. The molecule has 0 heterocycles.